The van der Waals surface area contributed by atoms with Crippen LogP contribution < -0.4 is 10.6 Å². The summed E-state index contributed by atoms with van der Waals surface area (Å²) in [5.41, 5.74) is 3.80. The second kappa shape index (κ2) is 8.71. The minimum Gasteiger partial charge on any atom is -0.508 e. The van der Waals surface area contributed by atoms with E-state index in [2.05, 4.69) is 20.6 Å². The molecule has 0 fully saturated rings. The van der Waals surface area contributed by atoms with Crippen LogP contribution in [0.4, 0.5) is 10.5 Å². The summed E-state index contributed by atoms with van der Waals surface area (Å²) in [5.74, 6) is 0.787. The molecule has 3 aromatic carbocycles. The highest BCUT2D eigenvalue weighted by atomic mass is 16.3. The molecule has 7 heteroatoms. The maximum atomic E-state index is 12.7. The number of fused-ring (bicyclic) bond motifs is 1. The Labute approximate surface area is 179 Å². The summed E-state index contributed by atoms with van der Waals surface area (Å²) in [7, 11) is 0. The monoisotopic (exact) mass is 414 g/mol. The van der Waals surface area contributed by atoms with Gasteiger partial charge in [-0.05, 0) is 67.4 Å². The van der Waals surface area contributed by atoms with E-state index < -0.39 is 6.04 Å². The Morgan fingerprint density at radius 1 is 1.00 bits per heavy atom. The van der Waals surface area contributed by atoms with Crippen LogP contribution in [0.15, 0.2) is 72.8 Å². The molecule has 1 heterocycles. The van der Waals surface area contributed by atoms with Crippen LogP contribution in [0.1, 0.15) is 34.7 Å². The fourth-order valence-corrected chi connectivity index (χ4v) is 3.34. The molecule has 1 unspecified atom stereocenters. The lowest BCUT2D eigenvalue weighted by molar-refractivity contribution is 0.101. The molecule has 0 saturated heterocycles. The molecule has 0 bridgehead atoms. The number of benzene rings is 3. The fourth-order valence-electron chi connectivity index (χ4n) is 3.34. The van der Waals surface area contributed by atoms with Crippen molar-refractivity contribution in [3.8, 4) is 5.75 Å². The number of nitrogens with zero attached hydrogens (tertiary/aromatic N) is 1. The predicted molar refractivity (Wildman–Crippen MR) is 119 cm³/mol. The lowest BCUT2D eigenvalue weighted by Crippen LogP contribution is -2.34. The second-order valence-corrected chi connectivity index (χ2v) is 7.29. The number of urea groups is 1. The number of hydrogen-bond acceptors (Lipinski definition) is 4. The van der Waals surface area contributed by atoms with E-state index >= 15 is 0 Å². The molecule has 4 N–H and O–H groups in total. The highest BCUT2D eigenvalue weighted by molar-refractivity contribution is 5.95. The molecule has 0 aliphatic heterocycles. The SMILES string of the molecule is CC(=O)c1ccc(NC(=O)NC(Cc2ccc(O)cc2)c2nc3ccccc3[nH]2)cc1. The van der Waals surface area contributed by atoms with Crippen molar-refractivity contribution >= 4 is 28.5 Å². The molecule has 7 nitrogen and oxygen atoms in total. The number of carbonyl (C=O) groups excluding carboxylic acids is 2. The number of phenolic OH excluding ortho intramolecular Hbond substituents is 1. The van der Waals surface area contributed by atoms with Gasteiger partial charge in [0.05, 0.1) is 17.1 Å². The summed E-state index contributed by atoms with van der Waals surface area (Å²) in [6.45, 7) is 1.50. The van der Waals surface area contributed by atoms with Gasteiger partial charge in [-0.15, -0.1) is 0 Å². The number of aromatic hydroxyl groups is 1. The number of Topliss-reactive ketones (excluding diaryl/α,β-unsaturated/α-hetero) is 1. The van der Waals surface area contributed by atoms with Gasteiger partial charge in [0.1, 0.15) is 11.6 Å². The van der Waals surface area contributed by atoms with Crippen LogP contribution >= 0.6 is 0 Å². The molecule has 2 amide bonds. The van der Waals surface area contributed by atoms with Gasteiger partial charge >= 0.3 is 6.03 Å². The topological polar surface area (TPSA) is 107 Å². The Hall–Kier alpha value is -4.13. The van der Waals surface area contributed by atoms with Crippen LogP contribution in [-0.4, -0.2) is 26.9 Å². The quantitative estimate of drug-likeness (QED) is 0.347. The van der Waals surface area contributed by atoms with E-state index in [1.165, 1.54) is 6.92 Å². The van der Waals surface area contributed by atoms with E-state index in [0.717, 1.165) is 16.6 Å². The van der Waals surface area contributed by atoms with Crippen molar-refractivity contribution in [3.05, 3.63) is 89.7 Å². The Morgan fingerprint density at radius 2 is 1.71 bits per heavy atom. The zero-order chi connectivity index (χ0) is 21.8. The number of amides is 2. The van der Waals surface area contributed by atoms with Crippen molar-refractivity contribution in [2.45, 2.75) is 19.4 Å². The normalized spacial score (nSPS) is 11.8. The smallest absolute Gasteiger partial charge is 0.319 e. The predicted octanol–water partition coefficient (Wildman–Crippen LogP) is 4.58. The van der Waals surface area contributed by atoms with Crippen molar-refractivity contribution in [1.29, 1.82) is 0 Å². The molecule has 31 heavy (non-hydrogen) atoms. The van der Waals surface area contributed by atoms with E-state index in [-0.39, 0.29) is 17.6 Å². The Bertz CT molecular complexity index is 1180. The van der Waals surface area contributed by atoms with Gasteiger partial charge in [-0.2, -0.15) is 0 Å². The molecule has 0 saturated carbocycles. The third-order valence-electron chi connectivity index (χ3n) is 4.97. The number of nitrogens with one attached hydrogen (secondary N) is 3. The summed E-state index contributed by atoms with van der Waals surface area (Å²) >= 11 is 0. The number of anilines is 1. The van der Waals surface area contributed by atoms with Gasteiger partial charge in [0, 0.05) is 11.3 Å². The Balaban J connectivity index is 1.55. The van der Waals surface area contributed by atoms with Gasteiger partial charge in [0.15, 0.2) is 5.78 Å². The van der Waals surface area contributed by atoms with Crippen LogP contribution in [0.3, 0.4) is 0 Å². The number of rotatable bonds is 6. The molecule has 4 rings (SSSR count). The number of imidazole rings is 1. The number of phenols is 1. The summed E-state index contributed by atoms with van der Waals surface area (Å²) in [4.78, 5) is 32.0. The lowest BCUT2D eigenvalue weighted by atomic mass is 10.1. The Morgan fingerprint density at radius 3 is 2.39 bits per heavy atom. The molecule has 0 radical (unpaired) electrons. The summed E-state index contributed by atoms with van der Waals surface area (Å²) in [6, 6.07) is 20.4. The van der Waals surface area contributed by atoms with Crippen molar-refractivity contribution < 1.29 is 14.7 Å². The molecule has 0 spiro atoms. The molecule has 1 atom stereocenters. The number of H-pyrrole nitrogens is 1. The fraction of sp³-hybridized carbons (Fsp3) is 0.125. The number of hydrogen-bond donors (Lipinski definition) is 4. The van der Waals surface area contributed by atoms with Crippen molar-refractivity contribution in [1.82, 2.24) is 15.3 Å². The van der Waals surface area contributed by atoms with Gasteiger partial charge in [-0.3, -0.25) is 4.79 Å². The van der Waals surface area contributed by atoms with Gasteiger partial charge in [0.25, 0.3) is 0 Å². The molecular formula is C24H22N4O3. The first-order chi connectivity index (χ1) is 15.0. The van der Waals surface area contributed by atoms with E-state index in [0.29, 0.717) is 23.5 Å². The molecular weight excluding hydrogens is 392 g/mol. The number of aromatic nitrogens is 2. The highest BCUT2D eigenvalue weighted by Gasteiger charge is 2.19. The maximum absolute atomic E-state index is 12.7. The van der Waals surface area contributed by atoms with E-state index in [1.54, 1.807) is 36.4 Å². The van der Waals surface area contributed by atoms with E-state index in [9.17, 15) is 14.7 Å². The van der Waals surface area contributed by atoms with Crippen molar-refractivity contribution in [3.63, 3.8) is 0 Å². The molecule has 1 aromatic heterocycles. The van der Waals surface area contributed by atoms with Crippen molar-refractivity contribution in [2.75, 3.05) is 5.32 Å². The molecule has 0 aliphatic rings. The Kier molecular flexibility index (Phi) is 5.66. The number of aromatic amines is 1. The number of para-hydroxylation sites is 2. The maximum Gasteiger partial charge on any atom is 0.319 e. The first-order valence-electron chi connectivity index (χ1n) is 9.89. The van der Waals surface area contributed by atoms with Gasteiger partial charge < -0.3 is 20.7 Å². The summed E-state index contributed by atoms with van der Waals surface area (Å²) < 4.78 is 0. The zero-order valence-corrected chi connectivity index (χ0v) is 16.9. The first-order valence-corrected chi connectivity index (χ1v) is 9.89. The standard InChI is InChI=1S/C24H22N4O3/c1-15(29)17-8-10-18(11-9-17)25-24(31)28-22(14-16-6-12-19(30)13-7-16)23-26-20-4-2-3-5-21(20)27-23/h2-13,22,30H,14H2,1H3,(H,26,27)(H2,25,28,31). The van der Waals surface area contributed by atoms with Crippen LogP contribution in [0, 0.1) is 0 Å². The van der Waals surface area contributed by atoms with Crippen molar-refractivity contribution in [2.24, 2.45) is 0 Å². The summed E-state index contributed by atoms with van der Waals surface area (Å²) in [5, 5.41) is 15.3. The average Bonchev–Trinajstić information content (AvgIpc) is 3.19. The third kappa shape index (κ3) is 4.90. The molecule has 156 valence electrons. The second-order valence-electron chi connectivity index (χ2n) is 7.29. The third-order valence-corrected chi connectivity index (χ3v) is 4.97. The molecule has 4 aromatic rings. The lowest BCUT2D eigenvalue weighted by Gasteiger charge is -2.18. The first kappa shape index (κ1) is 20.2. The number of ketones is 1. The van der Waals surface area contributed by atoms with Crippen LogP contribution in [-0.2, 0) is 6.42 Å². The molecule has 0 aliphatic carbocycles. The van der Waals surface area contributed by atoms with Gasteiger partial charge in [0.2, 0.25) is 0 Å². The highest BCUT2D eigenvalue weighted by Crippen LogP contribution is 2.21. The summed E-state index contributed by atoms with van der Waals surface area (Å²) in [6.07, 6.45) is 0.483. The zero-order valence-electron chi connectivity index (χ0n) is 16.9. The van der Waals surface area contributed by atoms with Gasteiger partial charge in [-0.1, -0.05) is 24.3 Å². The largest absolute Gasteiger partial charge is 0.508 e. The van der Waals surface area contributed by atoms with Crippen LogP contribution in [0.2, 0.25) is 0 Å². The van der Waals surface area contributed by atoms with Gasteiger partial charge in [-0.25, -0.2) is 9.78 Å². The minimum atomic E-state index is -0.423. The van der Waals surface area contributed by atoms with Crippen LogP contribution in [0.5, 0.6) is 5.75 Å². The minimum absolute atomic E-state index is 0.0325. The van der Waals surface area contributed by atoms with Crippen LogP contribution in [0.25, 0.3) is 11.0 Å². The average molecular weight is 414 g/mol. The van der Waals surface area contributed by atoms with E-state index in [4.69, 9.17) is 0 Å². The van der Waals surface area contributed by atoms with E-state index in [1.807, 2.05) is 36.4 Å². The number of carbonyl (C=O) groups is 2.